The monoisotopic (exact) mass is 293 g/mol. The van der Waals surface area contributed by atoms with Crippen LogP contribution in [0.2, 0.25) is 0 Å². The third-order valence-electron chi connectivity index (χ3n) is 3.12. The Morgan fingerprint density at radius 1 is 1.24 bits per heavy atom. The fourth-order valence-corrected chi connectivity index (χ4v) is 1.74. The number of carboxylic acids is 1. The predicted octanol–water partition coefficient (Wildman–Crippen LogP) is 2.38. The first-order valence-electron chi connectivity index (χ1n) is 7.15. The number of rotatable bonds is 9. The van der Waals surface area contributed by atoms with E-state index in [1.807, 2.05) is 38.1 Å². The van der Waals surface area contributed by atoms with Gasteiger partial charge in [0.1, 0.15) is 5.75 Å². The molecule has 0 bridgehead atoms. The molecule has 5 nitrogen and oxygen atoms in total. The molecule has 1 aromatic carbocycles. The first-order chi connectivity index (χ1) is 9.97. The topological polar surface area (TPSA) is 75.6 Å². The van der Waals surface area contributed by atoms with E-state index in [0.717, 1.165) is 11.3 Å². The molecule has 0 aliphatic heterocycles. The average molecular weight is 293 g/mol. The molecule has 0 spiro atoms. The minimum atomic E-state index is -0.806. The molecule has 1 unspecified atom stereocenters. The summed E-state index contributed by atoms with van der Waals surface area (Å²) in [6.07, 6.45) is 0.989. The average Bonchev–Trinajstić information content (AvgIpc) is 2.45. The lowest BCUT2D eigenvalue weighted by molar-refractivity contribution is -0.137. The summed E-state index contributed by atoms with van der Waals surface area (Å²) in [5, 5.41) is 11.4. The largest absolute Gasteiger partial charge is 0.493 e. The van der Waals surface area contributed by atoms with E-state index in [4.69, 9.17) is 9.84 Å². The number of hydrogen-bond acceptors (Lipinski definition) is 3. The maximum absolute atomic E-state index is 11.6. The molecule has 0 saturated heterocycles. The van der Waals surface area contributed by atoms with Gasteiger partial charge in [-0.1, -0.05) is 24.6 Å². The molecular formula is C16H23NO4. The quantitative estimate of drug-likeness (QED) is 0.733. The SMILES string of the molecule is Cc1ccc(OCCC(=O)NCC(C)CCC(=O)O)cc1. The van der Waals surface area contributed by atoms with E-state index < -0.39 is 5.97 Å². The van der Waals surface area contributed by atoms with Gasteiger partial charge in [-0.25, -0.2) is 0 Å². The Bertz CT molecular complexity index is 456. The van der Waals surface area contributed by atoms with Gasteiger partial charge in [-0.3, -0.25) is 9.59 Å². The molecule has 1 aromatic rings. The normalized spacial score (nSPS) is 11.7. The van der Waals surface area contributed by atoms with E-state index in [1.165, 1.54) is 0 Å². The zero-order valence-electron chi connectivity index (χ0n) is 12.6. The van der Waals surface area contributed by atoms with Gasteiger partial charge in [-0.05, 0) is 31.4 Å². The van der Waals surface area contributed by atoms with Gasteiger partial charge in [-0.15, -0.1) is 0 Å². The summed E-state index contributed by atoms with van der Waals surface area (Å²) in [7, 11) is 0. The highest BCUT2D eigenvalue weighted by atomic mass is 16.5. The van der Waals surface area contributed by atoms with Gasteiger partial charge in [0.25, 0.3) is 0 Å². The highest BCUT2D eigenvalue weighted by molar-refractivity contribution is 5.76. The second-order valence-corrected chi connectivity index (χ2v) is 5.25. The number of benzene rings is 1. The highest BCUT2D eigenvalue weighted by Gasteiger charge is 2.08. The highest BCUT2D eigenvalue weighted by Crippen LogP contribution is 2.11. The van der Waals surface area contributed by atoms with E-state index in [0.29, 0.717) is 26.0 Å². The van der Waals surface area contributed by atoms with Crippen LogP contribution in [0.5, 0.6) is 5.75 Å². The molecule has 0 aromatic heterocycles. The maximum atomic E-state index is 11.6. The molecule has 21 heavy (non-hydrogen) atoms. The van der Waals surface area contributed by atoms with Crippen LogP contribution >= 0.6 is 0 Å². The molecule has 116 valence electrons. The van der Waals surface area contributed by atoms with Gasteiger partial charge in [0, 0.05) is 13.0 Å². The van der Waals surface area contributed by atoms with Crippen molar-refractivity contribution in [2.75, 3.05) is 13.2 Å². The number of carboxylic acid groups (broad SMARTS) is 1. The molecule has 0 fully saturated rings. The summed E-state index contributed by atoms with van der Waals surface area (Å²) in [5.74, 6) is 0.0234. The van der Waals surface area contributed by atoms with Crippen LogP contribution < -0.4 is 10.1 Å². The summed E-state index contributed by atoms with van der Waals surface area (Å²) in [4.78, 5) is 22.1. The van der Waals surface area contributed by atoms with Crippen LogP contribution in [0.4, 0.5) is 0 Å². The van der Waals surface area contributed by atoms with Crippen LogP contribution in [0, 0.1) is 12.8 Å². The number of aliphatic carboxylic acids is 1. The molecular weight excluding hydrogens is 270 g/mol. The van der Waals surface area contributed by atoms with Crippen LogP contribution in [-0.2, 0) is 9.59 Å². The van der Waals surface area contributed by atoms with Crippen molar-refractivity contribution in [3.8, 4) is 5.75 Å². The van der Waals surface area contributed by atoms with Crippen LogP contribution in [0.25, 0.3) is 0 Å². The zero-order chi connectivity index (χ0) is 15.7. The number of carbonyl (C=O) groups is 2. The summed E-state index contributed by atoms with van der Waals surface area (Å²) in [6.45, 7) is 4.75. The molecule has 1 amide bonds. The van der Waals surface area contributed by atoms with Crippen molar-refractivity contribution in [1.29, 1.82) is 0 Å². The fourth-order valence-electron chi connectivity index (χ4n) is 1.74. The van der Waals surface area contributed by atoms with Crippen LogP contribution in [0.1, 0.15) is 31.7 Å². The van der Waals surface area contributed by atoms with Crippen molar-refractivity contribution >= 4 is 11.9 Å². The summed E-state index contributed by atoms with van der Waals surface area (Å²) >= 11 is 0. The van der Waals surface area contributed by atoms with Gasteiger partial charge >= 0.3 is 5.97 Å². The Kier molecular flexibility index (Phi) is 7.29. The fraction of sp³-hybridized carbons (Fsp3) is 0.500. The summed E-state index contributed by atoms with van der Waals surface area (Å²) < 4.78 is 5.48. The number of carbonyl (C=O) groups excluding carboxylic acids is 1. The molecule has 0 radical (unpaired) electrons. The van der Waals surface area contributed by atoms with E-state index in [2.05, 4.69) is 5.32 Å². The van der Waals surface area contributed by atoms with Crippen molar-refractivity contribution < 1.29 is 19.4 Å². The second kappa shape index (κ2) is 9.00. The summed E-state index contributed by atoms with van der Waals surface area (Å²) in [6, 6.07) is 7.67. The van der Waals surface area contributed by atoms with Gasteiger partial charge in [-0.2, -0.15) is 0 Å². The first kappa shape index (κ1) is 17.0. The van der Waals surface area contributed by atoms with E-state index in [-0.39, 0.29) is 18.2 Å². The Labute approximate surface area is 125 Å². The minimum absolute atomic E-state index is 0.0794. The number of ether oxygens (including phenoxy) is 1. The molecule has 5 heteroatoms. The smallest absolute Gasteiger partial charge is 0.303 e. The van der Waals surface area contributed by atoms with Gasteiger partial charge in [0.15, 0.2) is 0 Å². The van der Waals surface area contributed by atoms with Crippen LogP contribution in [-0.4, -0.2) is 30.1 Å². The third-order valence-corrected chi connectivity index (χ3v) is 3.12. The van der Waals surface area contributed by atoms with Gasteiger partial charge < -0.3 is 15.2 Å². The van der Waals surface area contributed by atoms with Gasteiger partial charge in [0.2, 0.25) is 5.91 Å². The van der Waals surface area contributed by atoms with E-state index in [9.17, 15) is 9.59 Å². The number of nitrogens with one attached hydrogen (secondary N) is 1. The van der Waals surface area contributed by atoms with Crippen molar-refractivity contribution in [2.24, 2.45) is 5.92 Å². The van der Waals surface area contributed by atoms with Crippen LogP contribution in [0.15, 0.2) is 24.3 Å². The zero-order valence-corrected chi connectivity index (χ0v) is 12.6. The maximum Gasteiger partial charge on any atom is 0.303 e. The molecule has 0 heterocycles. The molecule has 0 aliphatic rings. The standard InChI is InChI=1S/C16H23NO4/c1-12-3-6-14(7-4-12)21-10-9-15(18)17-11-13(2)5-8-16(19)20/h3-4,6-7,13H,5,8-11H2,1-2H3,(H,17,18)(H,19,20). The van der Waals surface area contributed by atoms with Crippen molar-refractivity contribution in [3.05, 3.63) is 29.8 Å². The molecule has 2 N–H and O–H groups in total. The van der Waals surface area contributed by atoms with Crippen LogP contribution in [0.3, 0.4) is 0 Å². The van der Waals surface area contributed by atoms with E-state index in [1.54, 1.807) is 0 Å². The second-order valence-electron chi connectivity index (χ2n) is 5.25. The number of aryl methyl sites for hydroxylation is 1. The van der Waals surface area contributed by atoms with Crippen molar-refractivity contribution in [3.63, 3.8) is 0 Å². The number of amides is 1. The van der Waals surface area contributed by atoms with Crippen molar-refractivity contribution in [2.45, 2.75) is 33.1 Å². The molecule has 1 rings (SSSR count). The Balaban J connectivity index is 2.13. The minimum Gasteiger partial charge on any atom is -0.493 e. The molecule has 0 aliphatic carbocycles. The Morgan fingerprint density at radius 2 is 1.90 bits per heavy atom. The Hall–Kier alpha value is -2.04. The van der Waals surface area contributed by atoms with E-state index >= 15 is 0 Å². The Morgan fingerprint density at radius 3 is 2.52 bits per heavy atom. The number of hydrogen-bond donors (Lipinski definition) is 2. The lowest BCUT2D eigenvalue weighted by Gasteiger charge is -2.12. The molecule has 1 atom stereocenters. The summed E-state index contributed by atoms with van der Waals surface area (Å²) in [5.41, 5.74) is 1.16. The van der Waals surface area contributed by atoms with Gasteiger partial charge in [0.05, 0.1) is 13.0 Å². The lowest BCUT2D eigenvalue weighted by atomic mass is 10.1. The lowest BCUT2D eigenvalue weighted by Crippen LogP contribution is -2.29. The molecule has 0 saturated carbocycles. The third kappa shape index (κ3) is 7.97. The van der Waals surface area contributed by atoms with Crippen molar-refractivity contribution in [1.82, 2.24) is 5.32 Å². The first-order valence-corrected chi connectivity index (χ1v) is 7.15. The predicted molar refractivity (Wildman–Crippen MR) is 80.3 cm³/mol.